The highest BCUT2D eigenvalue weighted by atomic mass is 35.5. The number of nitrogens with one attached hydrogen (secondary N) is 3. The quantitative estimate of drug-likeness (QED) is 0.439. The molecular weight excluding hydrogens is 378 g/mol. The highest BCUT2D eigenvalue weighted by Gasteiger charge is 2.33. The lowest BCUT2D eigenvalue weighted by Crippen LogP contribution is -2.44. The van der Waals surface area contributed by atoms with Crippen molar-refractivity contribution in [2.24, 2.45) is 0 Å². The van der Waals surface area contributed by atoms with Crippen LogP contribution in [0.4, 0.5) is 0 Å². The largest absolute Gasteiger partial charge is 0.394 e. The Labute approximate surface area is 167 Å². The summed E-state index contributed by atoms with van der Waals surface area (Å²) in [6.07, 6.45) is -0.150. The number of rotatable bonds is 6. The van der Waals surface area contributed by atoms with Gasteiger partial charge in [0, 0.05) is 22.5 Å². The first-order chi connectivity index (χ1) is 13.5. The van der Waals surface area contributed by atoms with Crippen LogP contribution in [-0.4, -0.2) is 46.4 Å². The Morgan fingerprint density at radius 2 is 2.07 bits per heavy atom. The van der Waals surface area contributed by atoms with Crippen LogP contribution in [-0.2, 0) is 6.42 Å². The Morgan fingerprint density at radius 3 is 2.89 bits per heavy atom. The second-order valence-electron chi connectivity index (χ2n) is 7.12. The molecule has 3 aromatic rings. The number of fused-ring (bicyclic) bond motifs is 2. The third-order valence-electron chi connectivity index (χ3n) is 5.16. The summed E-state index contributed by atoms with van der Waals surface area (Å²) in [4.78, 5) is 16.0. The van der Waals surface area contributed by atoms with E-state index in [-0.39, 0.29) is 31.1 Å². The highest BCUT2D eigenvalue weighted by molar-refractivity contribution is 6.31. The number of benzene rings is 2. The van der Waals surface area contributed by atoms with Crippen LogP contribution in [0.25, 0.3) is 10.9 Å². The van der Waals surface area contributed by atoms with Crippen LogP contribution >= 0.6 is 11.6 Å². The first kappa shape index (κ1) is 19.0. The smallest absolute Gasteiger partial charge is 0.268 e. The standard InChI is InChI=1S/C21H22ClN3O3/c22-14-5-6-17-13(7-14)9-19(24-17)21(28)25-18-8-12-3-1-2-4-16(12)20(18)23-10-15(27)11-26/h1-7,9,15,18,20,23-24,26-27H,8,10-11H2,(H,25,28)/t15-,18-,20+/m1/s1. The summed E-state index contributed by atoms with van der Waals surface area (Å²) in [5.74, 6) is -0.195. The van der Waals surface area contributed by atoms with Crippen LogP contribution in [0.2, 0.25) is 5.02 Å². The van der Waals surface area contributed by atoms with Crippen LogP contribution in [0, 0.1) is 0 Å². The van der Waals surface area contributed by atoms with Gasteiger partial charge in [-0.15, -0.1) is 0 Å². The first-order valence-corrected chi connectivity index (χ1v) is 9.62. The van der Waals surface area contributed by atoms with Crippen molar-refractivity contribution >= 4 is 28.4 Å². The number of hydrogen-bond acceptors (Lipinski definition) is 4. The normalized spacial score (nSPS) is 19.5. The number of aromatic amines is 1. The van der Waals surface area contributed by atoms with Crippen molar-refractivity contribution in [3.63, 3.8) is 0 Å². The Balaban J connectivity index is 1.53. The summed E-state index contributed by atoms with van der Waals surface area (Å²) in [6.45, 7) is -0.0667. The average molecular weight is 400 g/mol. The lowest BCUT2D eigenvalue weighted by molar-refractivity contribution is 0.0874. The molecule has 4 rings (SSSR count). The van der Waals surface area contributed by atoms with Gasteiger partial charge in [0.1, 0.15) is 5.69 Å². The van der Waals surface area contributed by atoms with E-state index in [1.807, 2.05) is 36.4 Å². The fourth-order valence-corrected chi connectivity index (χ4v) is 3.96. The van der Waals surface area contributed by atoms with Crippen molar-refractivity contribution in [3.05, 3.63) is 70.4 Å². The van der Waals surface area contributed by atoms with Crippen molar-refractivity contribution in [2.75, 3.05) is 13.2 Å². The maximum absolute atomic E-state index is 12.9. The van der Waals surface area contributed by atoms with Gasteiger partial charge in [-0.25, -0.2) is 0 Å². The second kappa shape index (κ2) is 7.93. The molecule has 1 amide bonds. The number of H-pyrrole nitrogens is 1. The van der Waals surface area contributed by atoms with E-state index in [4.69, 9.17) is 16.7 Å². The summed E-state index contributed by atoms with van der Waals surface area (Å²) < 4.78 is 0. The Bertz CT molecular complexity index is 1000. The van der Waals surface area contributed by atoms with Gasteiger partial charge in [0.25, 0.3) is 5.91 Å². The number of carbonyl (C=O) groups is 1. The number of aliphatic hydroxyl groups is 2. The Hall–Kier alpha value is -2.38. The third-order valence-corrected chi connectivity index (χ3v) is 5.40. The minimum atomic E-state index is -0.845. The van der Waals surface area contributed by atoms with Gasteiger partial charge in [0.15, 0.2) is 0 Å². The molecule has 0 spiro atoms. The minimum absolute atomic E-state index is 0.139. The second-order valence-corrected chi connectivity index (χ2v) is 7.56. The number of aliphatic hydroxyl groups excluding tert-OH is 2. The molecule has 0 unspecified atom stereocenters. The highest BCUT2D eigenvalue weighted by Crippen LogP contribution is 2.31. The van der Waals surface area contributed by atoms with Crippen molar-refractivity contribution < 1.29 is 15.0 Å². The van der Waals surface area contributed by atoms with Crippen molar-refractivity contribution in [1.29, 1.82) is 0 Å². The van der Waals surface area contributed by atoms with E-state index in [0.29, 0.717) is 17.1 Å². The van der Waals surface area contributed by atoms with E-state index in [1.54, 1.807) is 12.1 Å². The molecule has 0 radical (unpaired) electrons. The van der Waals surface area contributed by atoms with E-state index in [0.717, 1.165) is 22.0 Å². The van der Waals surface area contributed by atoms with Crippen LogP contribution in [0.15, 0.2) is 48.5 Å². The Morgan fingerprint density at radius 1 is 1.25 bits per heavy atom. The van der Waals surface area contributed by atoms with E-state index in [1.165, 1.54) is 0 Å². The minimum Gasteiger partial charge on any atom is -0.394 e. The zero-order chi connectivity index (χ0) is 19.7. The molecule has 1 heterocycles. The lowest BCUT2D eigenvalue weighted by atomic mass is 10.1. The predicted molar refractivity (Wildman–Crippen MR) is 109 cm³/mol. The molecule has 5 N–H and O–H groups in total. The number of aromatic nitrogens is 1. The fourth-order valence-electron chi connectivity index (χ4n) is 3.78. The van der Waals surface area contributed by atoms with Crippen molar-refractivity contribution in [1.82, 2.24) is 15.6 Å². The van der Waals surface area contributed by atoms with Gasteiger partial charge in [-0.2, -0.15) is 0 Å². The van der Waals surface area contributed by atoms with Crippen molar-refractivity contribution in [3.8, 4) is 0 Å². The Kier molecular flexibility index (Phi) is 5.37. The van der Waals surface area contributed by atoms with Gasteiger partial charge >= 0.3 is 0 Å². The summed E-state index contributed by atoms with van der Waals surface area (Å²) in [6, 6.07) is 14.9. The molecule has 0 bridgehead atoms. The van der Waals surface area contributed by atoms with E-state index >= 15 is 0 Å². The summed E-state index contributed by atoms with van der Waals surface area (Å²) in [5.41, 5.74) is 3.58. The molecule has 1 aliphatic carbocycles. The third kappa shape index (κ3) is 3.77. The zero-order valence-electron chi connectivity index (χ0n) is 15.2. The topological polar surface area (TPSA) is 97.4 Å². The van der Waals surface area contributed by atoms with Crippen LogP contribution in [0.3, 0.4) is 0 Å². The fraction of sp³-hybridized carbons (Fsp3) is 0.286. The summed E-state index contributed by atoms with van der Waals surface area (Å²) in [7, 11) is 0. The predicted octanol–water partition coefficient (Wildman–Crippen LogP) is 2.16. The SMILES string of the molecule is O=C(N[C@@H]1Cc2ccccc2[C@@H]1NC[C@@H](O)CO)c1cc2cc(Cl)ccc2[nH]1. The molecule has 28 heavy (non-hydrogen) atoms. The molecule has 7 heteroatoms. The van der Waals surface area contributed by atoms with Gasteiger partial charge in [-0.3, -0.25) is 4.79 Å². The van der Waals surface area contributed by atoms with Gasteiger partial charge in [-0.05, 0) is 41.8 Å². The molecule has 0 saturated heterocycles. The molecule has 0 fully saturated rings. The van der Waals surface area contributed by atoms with Crippen LogP contribution in [0.1, 0.15) is 27.7 Å². The molecular formula is C21H22ClN3O3. The summed E-state index contributed by atoms with van der Waals surface area (Å²) >= 11 is 6.03. The maximum Gasteiger partial charge on any atom is 0.268 e. The average Bonchev–Trinajstić information content (AvgIpc) is 3.26. The van der Waals surface area contributed by atoms with Gasteiger partial charge in [0.05, 0.1) is 24.8 Å². The van der Waals surface area contributed by atoms with Gasteiger partial charge in [-0.1, -0.05) is 35.9 Å². The molecule has 0 aliphatic heterocycles. The number of carbonyl (C=O) groups excluding carboxylic acids is 1. The summed E-state index contributed by atoms with van der Waals surface area (Å²) in [5, 5.41) is 26.7. The zero-order valence-corrected chi connectivity index (χ0v) is 15.9. The van der Waals surface area contributed by atoms with Gasteiger partial charge in [0.2, 0.25) is 0 Å². The molecule has 146 valence electrons. The number of hydrogen-bond donors (Lipinski definition) is 5. The maximum atomic E-state index is 12.9. The van der Waals surface area contributed by atoms with Crippen molar-refractivity contribution in [2.45, 2.75) is 24.6 Å². The van der Waals surface area contributed by atoms with E-state index in [9.17, 15) is 9.90 Å². The molecule has 1 aromatic heterocycles. The molecule has 0 saturated carbocycles. The van der Waals surface area contributed by atoms with Crippen LogP contribution in [0.5, 0.6) is 0 Å². The molecule has 3 atom stereocenters. The number of amides is 1. The lowest BCUT2D eigenvalue weighted by Gasteiger charge is -2.24. The first-order valence-electron chi connectivity index (χ1n) is 9.24. The van der Waals surface area contributed by atoms with E-state index < -0.39 is 6.10 Å². The van der Waals surface area contributed by atoms with Crippen LogP contribution < -0.4 is 10.6 Å². The molecule has 1 aliphatic rings. The monoisotopic (exact) mass is 399 g/mol. The number of halogens is 1. The van der Waals surface area contributed by atoms with E-state index in [2.05, 4.69) is 15.6 Å². The molecule has 6 nitrogen and oxygen atoms in total. The van der Waals surface area contributed by atoms with Gasteiger partial charge < -0.3 is 25.8 Å². The molecule has 2 aromatic carbocycles.